The van der Waals surface area contributed by atoms with Gasteiger partial charge in [-0.15, -0.1) is 0 Å². The summed E-state index contributed by atoms with van der Waals surface area (Å²) in [6, 6.07) is 0.467. The molecule has 13 heavy (non-hydrogen) atoms. The van der Waals surface area contributed by atoms with Crippen molar-refractivity contribution in [3.05, 3.63) is 0 Å². The van der Waals surface area contributed by atoms with Gasteiger partial charge in [0.1, 0.15) is 0 Å². The standard InChI is InChI=1S/C11H24N2/c1-3-13(4-2)9-10-7-5-6-8-11(10)12/h10-11H,3-9,12H2,1-2H3. The van der Waals surface area contributed by atoms with Gasteiger partial charge in [0.05, 0.1) is 0 Å². The van der Waals surface area contributed by atoms with Gasteiger partial charge in [-0.2, -0.15) is 0 Å². The maximum absolute atomic E-state index is 6.11. The van der Waals surface area contributed by atoms with Gasteiger partial charge in [-0.05, 0) is 31.8 Å². The Labute approximate surface area is 82.5 Å². The van der Waals surface area contributed by atoms with Crippen LogP contribution in [0.4, 0.5) is 0 Å². The lowest BCUT2D eigenvalue weighted by Gasteiger charge is -2.32. The fraction of sp³-hybridized carbons (Fsp3) is 1.00. The largest absolute Gasteiger partial charge is 0.327 e. The second-order valence-electron chi connectivity index (χ2n) is 4.19. The Morgan fingerprint density at radius 1 is 1.15 bits per heavy atom. The van der Waals surface area contributed by atoms with Gasteiger partial charge in [0.25, 0.3) is 0 Å². The van der Waals surface area contributed by atoms with E-state index in [1.807, 2.05) is 0 Å². The van der Waals surface area contributed by atoms with Crippen LogP contribution in [0.3, 0.4) is 0 Å². The van der Waals surface area contributed by atoms with Crippen LogP contribution in [0.25, 0.3) is 0 Å². The topological polar surface area (TPSA) is 29.3 Å². The monoisotopic (exact) mass is 184 g/mol. The van der Waals surface area contributed by atoms with Crippen LogP contribution in [0.2, 0.25) is 0 Å². The van der Waals surface area contributed by atoms with Crippen molar-refractivity contribution in [2.75, 3.05) is 19.6 Å². The van der Waals surface area contributed by atoms with Crippen LogP contribution < -0.4 is 5.73 Å². The molecule has 0 heterocycles. The summed E-state index contributed by atoms with van der Waals surface area (Å²) in [4.78, 5) is 2.50. The molecule has 2 N–H and O–H groups in total. The van der Waals surface area contributed by atoms with Crippen LogP contribution in [-0.2, 0) is 0 Å². The van der Waals surface area contributed by atoms with E-state index >= 15 is 0 Å². The Morgan fingerprint density at radius 3 is 2.31 bits per heavy atom. The predicted octanol–water partition coefficient (Wildman–Crippen LogP) is 1.85. The van der Waals surface area contributed by atoms with Crippen molar-refractivity contribution in [1.82, 2.24) is 4.90 Å². The molecule has 0 aromatic rings. The maximum atomic E-state index is 6.11. The molecule has 2 heteroatoms. The highest BCUT2D eigenvalue weighted by Crippen LogP contribution is 2.23. The zero-order valence-corrected chi connectivity index (χ0v) is 9.13. The number of rotatable bonds is 4. The molecule has 0 aliphatic heterocycles. The van der Waals surface area contributed by atoms with Gasteiger partial charge in [0.2, 0.25) is 0 Å². The van der Waals surface area contributed by atoms with Crippen molar-refractivity contribution in [2.45, 2.75) is 45.6 Å². The fourth-order valence-electron chi connectivity index (χ4n) is 2.28. The minimum absolute atomic E-state index is 0.467. The molecule has 1 aliphatic carbocycles. The van der Waals surface area contributed by atoms with Crippen molar-refractivity contribution in [3.63, 3.8) is 0 Å². The Morgan fingerprint density at radius 2 is 1.77 bits per heavy atom. The van der Waals surface area contributed by atoms with E-state index in [0.29, 0.717) is 6.04 Å². The van der Waals surface area contributed by atoms with Crippen LogP contribution in [0, 0.1) is 5.92 Å². The van der Waals surface area contributed by atoms with Gasteiger partial charge in [-0.1, -0.05) is 26.7 Å². The third kappa shape index (κ3) is 3.28. The summed E-state index contributed by atoms with van der Waals surface area (Å²) < 4.78 is 0. The van der Waals surface area contributed by atoms with Gasteiger partial charge in [-0.25, -0.2) is 0 Å². The highest BCUT2D eigenvalue weighted by atomic mass is 15.1. The number of hydrogen-bond donors (Lipinski definition) is 1. The minimum atomic E-state index is 0.467. The Bertz CT molecular complexity index is 132. The van der Waals surface area contributed by atoms with Crippen molar-refractivity contribution in [1.29, 1.82) is 0 Å². The molecule has 0 aromatic carbocycles. The Balaban J connectivity index is 2.32. The first-order valence-corrected chi connectivity index (χ1v) is 5.75. The summed E-state index contributed by atoms with van der Waals surface area (Å²) >= 11 is 0. The third-order valence-corrected chi connectivity index (χ3v) is 3.36. The highest BCUT2D eigenvalue weighted by Gasteiger charge is 2.22. The second kappa shape index (κ2) is 5.61. The smallest absolute Gasteiger partial charge is 0.00793 e. The lowest BCUT2D eigenvalue weighted by atomic mass is 9.85. The number of nitrogens with zero attached hydrogens (tertiary/aromatic N) is 1. The minimum Gasteiger partial charge on any atom is -0.327 e. The van der Waals surface area contributed by atoms with Crippen molar-refractivity contribution < 1.29 is 0 Å². The molecule has 0 aromatic heterocycles. The molecule has 1 aliphatic rings. The molecule has 1 rings (SSSR count). The molecule has 2 atom stereocenters. The lowest BCUT2D eigenvalue weighted by Crippen LogP contribution is -2.41. The summed E-state index contributed by atoms with van der Waals surface area (Å²) in [7, 11) is 0. The quantitative estimate of drug-likeness (QED) is 0.722. The normalized spacial score (nSPS) is 29.5. The zero-order chi connectivity index (χ0) is 9.68. The summed E-state index contributed by atoms with van der Waals surface area (Å²) in [6.45, 7) is 8.02. The van der Waals surface area contributed by atoms with Gasteiger partial charge < -0.3 is 10.6 Å². The average molecular weight is 184 g/mol. The van der Waals surface area contributed by atoms with Gasteiger partial charge in [-0.3, -0.25) is 0 Å². The van der Waals surface area contributed by atoms with E-state index in [2.05, 4.69) is 18.7 Å². The Kier molecular flexibility index (Phi) is 4.74. The molecule has 1 fully saturated rings. The van der Waals surface area contributed by atoms with E-state index in [0.717, 1.165) is 5.92 Å². The molecule has 0 spiro atoms. The molecule has 0 radical (unpaired) electrons. The van der Waals surface area contributed by atoms with Crippen LogP contribution in [0.15, 0.2) is 0 Å². The van der Waals surface area contributed by atoms with Crippen molar-refractivity contribution in [3.8, 4) is 0 Å². The van der Waals surface area contributed by atoms with E-state index in [4.69, 9.17) is 5.73 Å². The Hall–Kier alpha value is -0.0800. The second-order valence-corrected chi connectivity index (χ2v) is 4.19. The van der Waals surface area contributed by atoms with E-state index in [1.165, 1.54) is 45.3 Å². The van der Waals surface area contributed by atoms with Crippen LogP contribution in [-0.4, -0.2) is 30.6 Å². The SMILES string of the molecule is CCN(CC)CC1CCCCC1N. The molecule has 0 bridgehead atoms. The highest BCUT2D eigenvalue weighted by molar-refractivity contribution is 4.80. The van der Waals surface area contributed by atoms with Crippen LogP contribution in [0.5, 0.6) is 0 Å². The summed E-state index contributed by atoms with van der Waals surface area (Å²) in [6.07, 6.45) is 5.32. The van der Waals surface area contributed by atoms with Crippen molar-refractivity contribution >= 4 is 0 Å². The van der Waals surface area contributed by atoms with E-state index in [1.54, 1.807) is 0 Å². The van der Waals surface area contributed by atoms with Gasteiger partial charge >= 0.3 is 0 Å². The van der Waals surface area contributed by atoms with Crippen LogP contribution >= 0.6 is 0 Å². The van der Waals surface area contributed by atoms with Gasteiger partial charge in [0.15, 0.2) is 0 Å². The molecule has 78 valence electrons. The molecular formula is C11H24N2. The third-order valence-electron chi connectivity index (χ3n) is 3.36. The molecular weight excluding hydrogens is 160 g/mol. The first kappa shape index (κ1) is 11.0. The molecule has 0 amide bonds. The predicted molar refractivity (Wildman–Crippen MR) is 57.7 cm³/mol. The van der Waals surface area contributed by atoms with E-state index in [9.17, 15) is 0 Å². The maximum Gasteiger partial charge on any atom is 0.00793 e. The summed E-state index contributed by atoms with van der Waals surface area (Å²) in [5.41, 5.74) is 6.11. The zero-order valence-electron chi connectivity index (χ0n) is 9.13. The van der Waals surface area contributed by atoms with Crippen molar-refractivity contribution in [2.24, 2.45) is 11.7 Å². The number of nitrogens with two attached hydrogens (primary N) is 1. The van der Waals surface area contributed by atoms with Crippen LogP contribution in [0.1, 0.15) is 39.5 Å². The van der Waals surface area contributed by atoms with E-state index < -0.39 is 0 Å². The lowest BCUT2D eigenvalue weighted by molar-refractivity contribution is 0.197. The summed E-state index contributed by atoms with van der Waals surface area (Å²) in [5.74, 6) is 0.758. The molecule has 2 nitrogen and oxygen atoms in total. The summed E-state index contributed by atoms with van der Waals surface area (Å²) in [5, 5.41) is 0. The van der Waals surface area contributed by atoms with Gasteiger partial charge in [0, 0.05) is 12.6 Å². The first-order valence-electron chi connectivity index (χ1n) is 5.75. The fourth-order valence-corrected chi connectivity index (χ4v) is 2.28. The average Bonchev–Trinajstić information content (AvgIpc) is 2.17. The van der Waals surface area contributed by atoms with E-state index in [-0.39, 0.29) is 0 Å². The first-order chi connectivity index (χ1) is 6.27. The molecule has 2 unspecified atom stereocenters. The molecule has 1 saturated carbocycles. The number of hydrogen-bond acceptors (Lipinski definition) is 2. The molecule has 0 saturated heterocycles.